The van der Waals surface area contributed by atoms with E-state index in [2.05, 4.69) is 9.47 Å². The molecule has 13 heteroatoms. The smallest absolute Gasteiger partial charge is 0.456 e. The summed E-state index contributed by atoms with van der Waals surface area (Å²) < 4.78 is 130. The monoisotopic (exact) mass is 388 g/mol. The molecule has 0 fully saturated rings. The van der Waals surface area contributed by atoms with Gasteiger partial charge < -0.3 is 9.47 Å². The van der Waals surface area contributed by atoms with Crippen LogP contribution in [0.4, 0.5) is 43.9 Å². The Hall–Kier alpha value is -2.21. The number of rotatable bonds is 5. The Kier molecular flexibility index (Phi) is 5.50. The van der Waals surface area contributed by atoms with Crippen molar-refractivity contribution >= 4 is 5.97 Å². The molecule has 0 saturated carbocycles. The van der Waals surface area contributed by atoms with Crippen molar-refractivity contribution in [2.75, 3.05) is 0 Å². The van der Waals surface area contributed by atoms with E-state index < -0.39 is 42.7 Å². The van der Waals surface area contributed by atoms with E-state index in [1.807, 2.05) is 0 Å². The summed E-state index contributed by atoms with van der Waals surface area (Å²) in [5, 5.41) is 0. The molecule has 25 heavy (non-hydrogen) atoms. The van der Waals surface area contributed by atoms with Gasteiger partial charge in [-0.2, -0.15) is 30.7 Å². The van der Waals surface area contributed by atoms with Crippen LogP contribution in [0.3, 0.4) is 0 Å². The lowest BCUT2D eigenvalue weighted by atomic mass is 10.1. The number of alkyl halides is 10. The molecular weight excluding hydrogens is 382 g/mol. The van der Waals surface area contributed by atoms with Crippen LogP contribution >= 0.6 is 0 Å². The molecule has 0 bridgehead atoms. The van der Waals surface area contributed by atoms with Crippen LogP contribution < -0.4 is 4.74 Å². The number of hydrogen-bond donors (Lipinski definition) is 0. The summed E-state index contributed by atoms with van der Waals surface area (Å²) >= 11 is 0. The Morgan fingerprint density at radius 2 is 1.32 bits per heavy atom. The number of carbonyl (C=O) groups is 1. The maximum absolute atomic E-state index is 13.0. The molecule has 0 heterocycles. The molecule has 0 spiro atoms. The van der Waals surface area contributed by atoms with E-state index in [0.29, 0.717) is 12.1 Å². The third-order valence-electron chi connectivity index (χ3n) is 2.53. The third-order valence-corrected chi connectivity index (χ3v) is 2.53. The molecule has 1 rings (SSSR count). The second-order valence-corrected chi connectivity index (χ2v) is 4.41. The molecule has 0 amide bonds. The fraction of sp³-hybridized carbons (Fsp3) is 0.417. The molecule has 0 aliphatic heterocycles. The normalized spacial score (nSPS) is 13.5. The molecule has 0 aliphatic rings. The van der Waals surface area contributed by atoms with Gasteiger partial charge in [0.25, 0.3) is 0 Å². The fourth-order valence-corrected chi connectivity index (χ4v) is 1.33. The topological polar surface area (TPSA) is 35.5 Å². The highest BCUT2D eigenvalue weighted by atomic mass is 19.4. The summed E-state index contributed by atoms with van der Waals surface area (Å²) in [6.07, 6.45) is -11.7. The first kappa shape index (κ1) is 20.8. The van der Waals surface area contributed by atoms with Gasteiger partial charge in [-0.15, -0.1) is 13.2 Å². The molecule has 0 N–H and O–H groups in total. The van der Waals surface area contributed by atoms with E-state index >= 15 is 0 Å². The first-order valence-corrected chi connectivity index (χ1v) is 5.92. The Labute approximate surface area is 132 Å². The number of carbonyl (C=O) groups excluding carboxylic acids is 1. The lowest BCUT2D eigenvalue weighted by Gasteiger charge is -2.26. The van der Waals surface area contributed by atoms with Crippen molar-refractivity contribution in [3.63, 3.8) is 0 Å². The Balaban J connectivity index is 2.76. The molecule has 0 saturated heterocycles. The SMILES string of the molecule is O=C(OCc1ccc(OC(F)(F)F)cc1)C(F)(F)C(F)(F)C(F)(F)F. The predicted octanol–water partition coefficient (Wildman–Crippen LogP) is 4.46. The van der Waals surface area contributed by atoms with Crippen molar-refractivity contribution in [3.8, 4) is 5.75 Å². The lowest BCUT2D eigenvalue weighted by Crippen LogP contribution is -2.56. The second-order valence-electron chi connectivity index (χ2n) is 4.41. The van der Waals surface area contributed by atoms with Gasteiger partial charge >= 0.3 is 30.4 Å². The van der Waals surface area contributed by atoms with Gasteiger partial charge in [-0.3, -0.25) is 0 Å². The Morgan fingerprint density at radius 1 is 0.840 bits per heavy atom. The molecule has 0 radical (unpaired) electrons. The van der Waals surface area contributed by atoms with Gasteiger partial charge in [0.2, 0.25) is 0 Å². The van der Waals surface area contributed by atoms with Gasteiger partial charge in [-0.1, -0.05) is 12.1 Å². The van der Waals surface area contributed by atoms with Crippen LogP contribution in [0.1, 0.15) is 5.56 Å². The summed E-state index contributed by atoms with van der Waals surface area (Å²) in [6, 6.07) is 2.93. The van der Waals surface area contributed by atoms with Crippen LogP contribution in [-0.2, 0) is 16.1 Å². The van der Waals surface area contributed by atoms with Crippen LogP contribution in [0.2, 0.25) is 0 Å². The number of hydrogen-bond acceptors (Lipinski definition) is 3. The van der Waals surface area contributed by atoms with Crippen LogP contribution in [-0.4, -0.2) is 30.4 Å². The average Bonchev–Trinajstić information content (AvgIpc) is 2.43. The van der Waals surface area contributed by atoms with Crippen molar-refractivity contribution in [1.82, 2.24) is 0 Å². The molecular formula is C12H6F10O3. The number of benzene rings is 1. The zero-order valence-corrected chi connectivity index (χ0v) is 11.5. The maximum Gasteiger partial charge on any atom is 0.573 e. The van der Waals surface area contributed by atoms with Crippen molar-refractivity contribution < 1.29 is 58.2 Å². The molecule has 0 unspecified atom stereocenters. The zero-order chi connectivity index (χ0) is 19.7. The lowest BCUT2D eigenvalue weighted by molar-refractivity contribution is -0.348. The van der Waals surface area contributed by atoms with Gasteiger partial charge in [-0.05, 0) is 17.7 Å². The van der Waals surface area contributed by atoms with Gasteiger partial charge in [0, 0.05) is 0 Å². The van der Waals surface area contributed by atoms with Gasteiger partial charge in [0.15, 0.2) is 0 Å². The highest BCUT2D eigenvalue weighted by molar-refractivity contribution is 5.79. The summed E-state index contributed by atoms with van der Waals surface area (Å²) in [4.78, 5) is 10.9. The third kappa shape index (κ3) is 4.89. The molecule has 0 aromatic heterocycles. The largest absolute Gasteiger partial charge is 0.573 e. The number of ether oxygens (including phenoxy) is 2. The molecule has 1 aromatic carbocycles. The van der Waals surface area contributed by atoms with Crippen LogP contribution in [0.15, 0.2) is 24.3 Å². The van der Waals surface area contributed by atoms with Gasteiger partial charge in [0.05, 0.1) is 0 Å². The Bertz CT molecular complexity index is 603. The number of halogens is 10. The average molecular weight is 388 g/mol. The first-order valence-electron chi connectivity index (χ1n) is 5.92. The van der Waals surface area contributed by atoms with Crippen LogP contribution in [0.5, 0.6) is 5.75 Å². The fourth-order valence-electron chi connectivity index (χ4n) is 1.33. The summed E-state index contributed by atoms with van der Waals surface area (Å²) in [5.41, 5.74) is -0.269. The van der Waals surface area contributed by atoms with E-state index in [1.165, 1.54) is 0 Å². The summed E-state index contributed by atoms with van der Waals surface area (Å²) in [6.45, 7) is -1.19. The van der Waals surface area contributed by atoms with Gasteiger partial charge in [-0.25, -0.2) is 4.79 Å². The standard InChI is InChI=1S/C12H6F10O3/c13-9(14,10(15,16)11(17,18)19)8(23)24-5-6-1-3-7(4-2-6)25-12(20,21)22/h1-4H,5H2. The number of esters is 1. The highest BCUT2D eigenvalue weighted by Crippen LogP contribution is 2.47. The van der Waals surface area contributed by atoms with E-state index in [4.69, 9.17) is 0 Å². The summed E-state index contributed by atoms with van der Waals surface area (Å²) in [5.74, 6) is -16.7. The summed E-state index contributed by atoms with van der Waals surface area (Å²) in [7, 11) is 0. The molecule has 0 atom stereocenters. The van der Waals surface area contributed by atoms with Crippen LogP contribution in [0, 0.1) is 0 Å². The van der Waals surface area contributed by atoms with Crippen molar-refractivity contribution in [1.29, 1.82) is 0 Å². The van der Waals surface area contributed by atoms with E-state index in [0.717, 1.165) is 12.1 Å². The molecule has 142 valence electrons. The minimum atomic E-state index is -6.70. The van der Waals surface area contributed by atoms with Crippen molar-refractivity contribution in [2.45, 2.75) is 31.0 Å². The van der Waals surface area contributed by atoms with Crippen molar-refractivity contribution in [3.05, 3.63) is 29.8 Å². The van der Waals surface area contributed by atoms with Gasteiger partial charge in [0.1, 0.15) is 12.4 Å². The quantitative estimate of drug-likeness (QED) is 0.552. The minimum absolute atomic E-state index is 0.269. The van der Waals surface area contributed by atoms with E-state index in [9.17, 15) is 48.7 Å². The molecule has 0 aliphatic carbocycles. The van der Waals surface area contributed by atoms with Crippen molar-refractivity contribution in [2.24, 2.45) is 0 Å². The second kappa shape index (κ2) is 6.59. The molecule has 1 aromatic rings. The Morgan fingerprint density at radius 3 is 1.72 bits per heavy atom. The zero-order valence-electron chi connectivity index (χ0n) is 11.5. The maximum atomic E-state index is 13.0. The predicted molar refractivity (Wildman–Crippen MR) is 58.9 cm³/mol. The van der Waals surface area contributed by atoms with Crippen LogP contribution in [0.25, 0.3) is 0 Å². The minimum Gasteiger partial charge on any atom is -0.456 e. The highest BCUT2D eigenvalue weighted by Gasteiger charge is 2.77. The van der Waals surface area contributed by atoms with E-state index in [-0.39, 0.29) is 5.56 Å². The first-order chi connectivity index (χ1) is 11.1. The molecule has 3 nitrogen and oxygen atoms in total. The van der Waals surface area contributed by atoms with E-state index in [1.54, 1.807) is 0 Å².